The number of fused-ring (bicyclic) bond motifs is 1. The fraction of sp³-hybridized carbons (Fsp3) is 0.0769. The molecular weight excluding hydrogens is 301 g/mol. The van der Waals surface area contributed by atoms with E-state index in [0.717, 1.165) is 10.2 Å². The number of ether oxygens (including phenoxy) is 1. The Morgan fingerprint density at radius 2 is 2.15 bits per heavy atom. The van der Waals surface area contributed by atoms with Gasteiger partial charge in [-0.05, 0) is 23.6 Å². The number of hydrogen-bond acceptors (Lipinski definition) is 5. The van der Waals surface area contributed by atoms with Gasteiger partial charge in [0, 0.05) is 7.05 Å². The van der Waals surface area contributed by atoms with Crippen LogP contribution in [-0.2, 0) is 0 Å². The fourth-order valence-corrected chi connectivity index (χ4v) is 2.61. The van der Waals surface area contributed by atoms with Crippen LogP contribution in [0.4, 0.5) is 10.3 Å². The van der Waals surface area contributed by atoms with Crippen LogP contribution in [0.25, 0.3) is 10.2 Å². The number of rotatable bonds is 3. The van der Waals surface area contributed by atoms with Gasteiger partial charge in [0.1, 0.15) is 4.83 Å². The van der Waals surface area contributed by atoms with E-state index in [4.69, 9.17) is 16.3 Å². The number of halogens is 2. The van der Waals surface area contributed by atoms with Crippen LogP contribution < -0.4 is 10.1 Å². The van der Waals surface area contributed by atoms with Crippen LogP contribution in [0.5, 0.6) is 11.6 Å². The summed E-state index contributed by atoms with van der Waals surface area (Å²) in [6, 6.07) is 6.41. The van der Waals surface area contributed by atoms with Crippen molar-refractivity contribution < 1.29 is 9.13 Å². The first kappa shape index (κ1) is 13.1. The minimum absolute atomic E-state index is 0.00644. The summed E-state index contributed by atoms with van der Waals surface area (Å²) in [6.45, 7) is 0. The van der Waals surface area contributed by atoms with Gasteiger partial charge in [0.05, 0.1) is 10.4 Å². The zero-order chi connectivity index (χ0) is 14.1. The molecule has 0 aliphatic carbocycles. The van der Waals surface area contributed by atoms with E-state index in [-0.39, 0.29) is 10.8 Å². The van der Waals surface area contributed by atoms with Gasteiger partial charge < -0.3 is 10.1 Å². The van der Waals surface area contributed by atoms with Crippen molar-refractivity contribution in [1.82, 2.24) is 9.97 Å². The predicted molar refractivity (Wildman–Crippen MR) is 78.4 cm³/mol. The van der Waals surface area contributed by atoms with Crippen LogP contribution in [0.15, 0.2) is 29.6 Å². The lowest BCUT2D eigenvalue weighted by molar-refractivity contribution is 0.432. The lowest BCUT2D eigenvalue weighted by Crippen LogP contribution is -1.99. The van der Waals surface area contributed by atoms with Crippen molar-refractivity contribution in [2.45, 2.75) is 0 Å². The summed E-state index contributed by atoms with van der Waals surface area (Å²) >= 11 is 7.20. The normalized spacial score (nSPS) is 10.8. The lowest BCUT2D eigenvalue weighted by atomic mass is 10.3. The molecule has 0 aliphatic heterocycles. The molecule has 0 amide bonds. The van der Waals surface area contributed by atoms with Gasteiger partial charge in [-0.15, -0.1) is 11.3 Å². The molecule has 3 rings (SSSR count). The molecule has 3 aromatic rings. The molecule has 7 heteroatoms. The SMILES string of the molecule is CNc1nc(Oc2cccc(Cl)c2F)c2ccsc2n1. The highest BCUT2D eigenvalue weighted by atomic mass is 35.5. The molecule has 0 spiro atoms. The number of hydrogen-bond donors (Lipinski definition) is 1. The average molecular weight is 310 g/mol. The van der Waals surface area contributed by atoms with Gasteiger partial charge in [-0.25, -0.2) is 9.37 Å². The summed E-state index contributed by atoms with van der Waals surface area (Å²) in [7, 11) is 1.71. The van der Waals surface area contributed by atoms with E-state index < -0.39 is 5.82 Å². The Hall–Kier alpha value is -1.92. The lowest BCUT2D eigenvalue weighted by Gasteiger charge is -2.08. The van der Waals surface area contributed by atoms with Crippen LogP contribution in [0.3, 0.4) is 0 Å². The van der Waals surface area contributed by atoms with Gasteiger partial charge in [-0.3, -0.25) is 0 Å². The Morgan fingerprint density at radius 1 is 1.30 bits per heavy atom. The van der Waals surface area contributed by atoms with E-state index in [0.29, 0.717) is 11.8 Å². The number of anilines is 1. The maximum absolute atomic E-state index is 13.9. The minimum Gasteiger partial charge on any atom is -0.435 e. The number of nitrogens with one attached hydrogen (secondary N) is 1. The molecule has 0 radical (unpaired) electrons. The van der Waals surface area contributed by atoms with E-state index in [9.17, 15) is 4.39 Å². The first-order valence-corrected chi connectivity index (χ1v) is 6.99. The quantitative estimate of drug-likeness (QED) is 0.783. The number of nitrogens with zero attached hydrogens (tertiary/aromatic N) is 2. The number of aromatic nitrogens is 2. The summed E-state index contributed by atoms with van der Waals surface area (Å²) in [5.74, 6) is 0.132. The minimum atomic E-state index is -0.609. The second kappa shape index (κ2) is 5.22. The smallest absolute Gasteiger partial charge is 0.233 e. The van der Waals surface area contributed by atoms with Crippen molar-refractivity contribution in [2.75, 3.05) is 12.4 Å². The molecule has 2 aromatic heterocycles. The Balaban J connectivity index is 2.10. The molecule has 20 heavy (non-hydrogen) atoms. The third kappa shape index (κ3) is 2.28. The third-order valence-corrected chi connectivity index (χ3v) is 3.74. The van der Waals surface area contributed by atoms with Crippen molar-refractivity contribution in [3.63, 3.8) is 0 Å². The summed E-state index contributed by atoms with van der Waals surface area (Å²) in [4.78, 5) is 9.27. The zero-order valence-corrected chi connectivity index (χ0v) is 11.9. The van der Waals surface area contributed by atoms with Crippen LogP contribution in [-0.4, -0.2) is 17.0 Å². The Morgan fingerprint density at radius 3 is 2.95 bits per heavy atom. The van der Waals surface area contributed by atoms with Crippen molar-refractivity contribution in [3.8, 4) is 11.6 Å². The van der Waals surface area contributed by atoms with Crippen molar-refractivity contribution in [3.05, 3.63) is 40.5 Å². The first-order valence-electron chi connectivity index (χ1n) is 5.74. The standard InChI is InChI=1S/C13H9ClFN3OS/c1-16-13-17-11(7-5-6-20-12(7)18-13)19-9-4-2-3-8(14)10(9)15/h2-6H,1H3,(H,16,17,18). The molecule has 0 unspecified atom stereocenters. The van der Waals surface area contributed by atoms with Gasteiger partial charge in [-0.1, -0.05) is 17.7 Å². The number of thiophene rings is 1. The van der Waals surface area contributed by atoms with E-state index in [1.54, 1.807) is 13.1 Å². The largest absolute Gasteiger partial charge is 0.435 e. The molecule has 102 valence electrons. The highest BCUT2D eigenvalue weighted by molar-refractivity contribution is 7.16. The van der Waals surface area contributed by atoms with Gasteiger partial charge >= 0.3 is 0 Å². The summed E-state index contributed by atoms with van der Waals surface area (Å²) < 4.78 is 19.4. The van der Waals surface area contributed by atoms with Gasteiger partial charge in [0.15, 0.2) is 11.6 Å². The molecule has 0 fully saturated rings. The Labute approximate surface area is 123 Å². The number of benzene rings is 1. The topological polar surface area (TPSA) is 47.0 Å². The van der Waals surface area contributed by atoms with Crippen molar-refractivity contribution in [2.24, 2.45) is 0 Å². The monoisotopic (exact) mass is 309 g/mol. The van der Waals surface area contributed by atoms with Crippen LogP contribution in [0.1, 0.15) is 0 Å². The molecule has 1 aromatic carbocycles. The summed E-state index contributed by atoms with van der Waals surface area (Å²) in [5.41, 5.74) is 0. The molecule has 0 saturated carbocycles. The Bertz CT molecular complexity index is 777. The van der Waals surface area contributed by atoms with E-state index in [1.807, 2.05) is 11.4 Å². The third-order valence-electron chi connectivity index (χ3n) is 2.64. The van der Waals surface area contributed by atoms with Gasteiger partial charge in [0.25, 0.3) is 0 Å². The van der Waals surface area contributed by atoms with E-state index in [2.05, 4.69) is 15.3 Å². The molecular formula is C13H9ClFN3OS. The highest BCUT2D eigenvalue weighted by Crippen LogP contribution is 2.33. The highest BCUT2D eigenvalue weighted by Gasteiger charge is 2.14. The van der Waals surface area contributed by atoms with Crippen LogP contribution in [0, 0.1) is 5.82 Å². The van der Waals surface area contributed by atoms with E-state index >= 15 is 0 Å². The van der Waals surface area contributed by atoms with Crippen molar-refractivity contribution in [1.29, 1.82) is 0 Å². The second-order valence-electron chi connectivity index (χ2n) is 3.90. The summed E-state index contributed by atoms with van der Waals surface area (Å²) in [5, 5.41) is 5.46. The van der Waals surface area contributed by atoms with Gasteiger partial charge in [-0.2, -0.15) is 4.98 Å². The molecule has 0 aliphatic rings. The van der Waals surface area contributed by atoms with Crippen molar-refractivity contribution >= 4 is 39.1 Å². The summed E-state index contributed by atoms with van der Waals surface area (Å²) in [6.07, 6.45) is 0. The molecule has 4 nitrogen and oxygen atoms in total. The predicted octanol–water partition coefficient (Wildman–Crippen LogP) is 4.32. The van der Waals surface area contributed by atoms with Crippen LogP contribution >= 0.6 is 22.9 Å². The maximum atomic E-state index is 13.9. The first-order chi connectivity index (χ1) is 9.69. The average Bonchev–Trinajstić information content (AvgIpc) is 2.92. The molecule has 1 N–H and O–H groups in total. The molecule has 0 bridgehead atoms. The van der Waals surface area contributed by atoms with Crippen LogP contribution in [0.2, 0.25) is 5.02 Å². The maximum Gasteiger partial charge on any atom is 0.233 e. The van der Waals surface area contributed by atoms with Gasteiger partial charge in [0.2, 0.25) is 11.8 Å². The zero-order valence-electron chi connectivity index (χ0n) is 10.4. The molecule has 0 atom stereocenters. The van der Waals surface area contributed by atoms with E-state index in [1.165, 1.54) is 23.5 Å². The fourth-order valence-electron chi connectivity index (χ4n) is 1.68. The molecule has 2 heterocycles. The molecule has 0 saturated heterocycles. The Kier molecular flexibility index (Phi) is 3.42. The second-order valence-corrected chi connectivity index (χ2v) is 5.20.